The SMILES string of the molecule is C#CCC(C)NC(=O)c1csc(N)n1. The van der Waals surface area contributed by atoms with Crippen molar-refractivity contribution in [2.24, 2.45) is 0 Å². The van der Waals surface area contributed by atoms with E-state index in [0.29, 0.717) is 17.2 Å². The van der Waals surface area contributed by atoms with Crippen LogP contribution in [-0.4, -0.2) is 16.9 Å². The average molecular weight is 209 g/mol. The first-order chi connectivity index (χ1) is 6.63. The first-order valence-corrected chi connectivity index (χ1v) is 4.96. The van der Waals surface area contributed by atoms with Gasteiger partial charge in [0.1, 0.15) is 5.69 Å². The van der Waals surface area contributed by atoms with E-state index in [1.54, 1.807) is 5.38 Å². The lowest BCUT2D eigenvalue weighted by Gasteiger charge is -2.08. The van der Waals surface area contributed by atoms with Crippen molar-refractivity contribution >= 4 is 22.4 Å². The monoisotopic (exact) mass is 209 g/mol. The van der Waals surface area contributed by atoms with Gasteiger partial charge in [-0.2, -0.15) is 0 Å². The maximum Gasteiger partial charge on any atom is 0.271 e. The summed E-state index contributed by atoms with van der Waals surface area (Å²) in [5, 5.41) is 4.72. The van der Waals surface area contributed by atoms with Gasteiger partial charge in [0.05, 0.1) is 0 Å². The molecule has 1 aromatic rings. The van der Waals surface area contributed by atoms with Gasteiger partial charge in [-0.15, -0.1) is 23.7 Å². The molecule has 0 radical (unpaired) electrons. The Morgan fingerprint density at radius 3 is 3.14 bits per heavy atom. The minimum atomic E-state index is -0.235. The fourth-order valence-corrected chi connectivity index (χ4v) is 1.46. The van der Waals surface area contributed by atoms with Gasteiger partial charge < -0.3 is 11.1 Å². The van der Waals surface area contributed by atoms with Crippen LogP contribution >= 0.6 is 11.3 Å². The van der Waals surface area contributed by atoms with Crippen molar-refractivity contribution in [3.05, 3.63) is 11.1 Å². The van der Waals surface area contributed by atoms with Gasteiger partial charge in [0.2, 0.25) is 0 Å². The topological polar surface area (TPSA) is 68.0 Å². The van der Waals surface area contributed by atoms with Crippen LogP contribution in [0.5, 0.6) is 0 Å². The van der Waals surface area contributed by atoms with Gasteiger partial charge in [-0.1, -0.05) is 0 Å². The van der Waals surface area contributed by atoms with Gasteiger partial charge in [0, 0.05) is 17.8 Å². The van der Waals surface area contributed by atoms with Crippen LogP contribution in [-0.2, 0) is 0 Å². The molecule has 1 atom stereocenters. The van der Waals surface area contributed by atoms with E-state index in [2.05, 4.69) is 16.2 Å². The van der Waals surface area contributed by atoms with E-state index in [4.69, 9.17) is 12.2 Å². The van der Waals surface area contributed by atoms with E-state index in [1.165, 1.54) is 11.3 Å². The molecule has 1 aromatic heterocycles. The van der Waals surface area contributed by atoms with Crippen LogP contribution in [0.3, 0.4) is 0 Å². The first-order valence-electron chi connectivity index (χ1n) is 4.09. The number of nitrogen functional groups attached to an aromatic ring is 1. The molecule has 3 N–H and O–H groups in total. The summed E-state index contributed by atoms with van der Waals surface area (Å²) in [6.45, 7) is 1.84. The van der Waals surface area contributed by atoms with Gasteiger partial charge in [0.25, 0.3) is 5.91 Å². The summed E-state index contributed by atoms with van der Waals surface area (Å²) in [4.78, 5) is 15.3. The molecule has 0 saturated carbocycles. The fourth-order valence-electron chi connectivity index (χ4n) is 0.917. The summed E-state index contributed by atoms with van der Waals surface area (Å²) >= 11 is 1.24. The molecule has 0 spiro atoms. The third-order valence-electron chi connectivity index (χ3n) is 1.56. The highest BCUT2D eigenvalue weighted by Gasteiger charge is 2.11. The maximum absolute atomic E-state index is 11.5. The molecule has 5 heteroatoms. The first kappa shape index (κ1) is 10.5. The van der Waals surface area contributed by atoms with Gasteiger partial charge >= 0.3 is 0 Å². The Kier molecular flexibility index (Phi) is 3.48. The van der Waals surface area contributed by atoms with Gasteiger partial charge in [-0.05, 0) is 6.92 Å². The van der Waals surface area contributed by atoms with Crippen LogP contribution in [0.2, 0.25) is 0 Å². The molecule has 74 valence electrons. The van der Waals surface area contributed by atoms with E-state index in [0.717, 1.165) is 0 Å². The van der Waals surface area contributed by atoms with Crippen molar-refractivity contribution in [1.29, 1.82) is 0 Å². The second kappa shape index (κ2) is 4.63. The van der Waals surface area contributed by atoms with Crippen LogP contribution in [0.15, 0.2) is 5.38 Å². The Hall–Kier alpha value is -1.54. The number of terminal acetylenes is 1. The fraction of sp³-hybridized carbons (Fsp3) is 0.333. The number of nitrogens with zero attached hydrogens (tertiary/aromatic N) is 1. The van der Waals surface area contributed by atoms with Crippen LogP contribution in [0.4, 0.5) is 5.13 Å². The Bertz CT molecular complexity index is 366. The molecule has 14 heavy (non-hydrogen) atoms. The highest BCUT2D eigenvalue weighted by Crippen LogP contribution is 2.10. The Labute approximate surface area is 86.5 Å². The van der Waals surface area contributed by atoms with Crippen molar-refractivity contribution in [2.45, 2.75) is 19.4 Å². The highest BCUT2D eigenvalue weighted by atomic mass is 32.1. The number of carbonyl (C=O) groups is 1. The highest BCUT2D eigenvalue weighted by molar-refractivity contribution is 7.13. The lowest BCUT2D eigenvalue weighted by molar-refractivity contribution is 0.0936. The van der Waals surface area contributed by atoms with Crippen molar-refractivity contribution in [3.63, 3.8) is 0 Å². The second-order valence-corrected chi connectivity index (χ2v) is 3.74. The molecular weight excluding hydrogens is 198 g/mol. The normalized spacial score (nSPS) is 11.7. The summed E-state index contributed by atoms with van der Waals surface area (Å²) in [6.07, 6.45) is 5.62. The Balaban J connectivity index is 2.55. The molecule has 1 amide bonds. The molecule has 0 aromatic carbocycles. The second-order valence-electron chi connectivity index (χ2n) is 2.85. The van der Waals surface area contributed by atoms with Crippen molar-refractivity contribution in [3.8, 4) is 12.3 Å². The third kappa shape index (κ3) is 2.75. The van der Waals surface area contributed by atoms with Crippen molar-refractivity contribution in [1.82, 2.24) is 10.3 Å². The minimum Gasteiger partial charge on any atom is -0.375 e. The number of hydrogen-bond donors (Lipinski definition) is 2. The number of rotatable bonds is 3. The Morgan fingerprint density at radius 2 is 2.64 bits per heavy atom. The zero-order chi connectivity index (χ0) is 10.6. The maximum atomic E-state index is 11.5. The number of aromatic nitrogens is 1. The van der Waals surface area contributed by atoms with Gasteiger partial charge in [0.15, 0.2) is 5.13 Å². The smallest absolute Gasteiger partial charge is 0.271 e. The zero-order valence-electron chi connectivity index (χ0n) is 7.78. The van der Waals surface area contributed by atoms with Gasteiger partial charge in [-0.3, -0.25) is 4.79 Å². The molecule has 1 unspecified atom stereocenters. The number of amides is 1. The molecule has 0 bridgehead atoms. The third-order valence-corrected chi connectivity index (χ3v) is 2.23. The van der Waals surface area contributed by atoms with Crippen LogP contribution in [0.25, 0.3) is 0 Å². The standard InChI is InChI=1S/C9H11N3OS/c1-3-4-6(2)11-8(13)7-5-14-9(10)12-7/h1,5-6H,4H2,2H3,(H2,10,12)(H,11,13). The summed E-state index contributed by atoms with van der Waals surface area (Å²) in [5.74, 6) is 2.24. The van der Waals surface area contributed by atoms with E-state index in [9.17, 15) is 4.79 Å². The zero-order valence-corrected chi connectivity index (χ0v) is 8.60. The van der Waals surface area contributed by atoms with Gasteiger partial charge in [-0.25, -0.2) is 4.98 Å². The van der Waals surface area contributed by atoms with E-state index < -0.39 is 0 Å². The summed E-state index contributed by atoms with van der Waals surface area (Å²) in [5.41, 5.74) is 5.74. The summed E-state index contributed by atoms with van der Waals surface area (Å²) in [7, 11) is 0. The predicted octanol–water partition coefficient (Wildman–Crippen LogP) is 0.867. The number of carbonyl (C=O) groups excluding carboxylic acids is 1. The predicted molar refractivity (Wildman–Crippen MR) is 56.9 cm³/mol. The lowest BCUT2D eigenvalue weighted by Crippen LogP contribution is -2.32. The molecule has 0 aliphatic carbocycles. The van der Waals surface area contributed by atoms with E-state index in [-0.39, 0.29) is 11.9 Å². The van der Waals surface area contributed by atoms with Crippen LogP contribution < -0.4 is 11.1 Å². The van der Waals surface area contributed by atoms with Crippen molar-refractivity contribution < 1.29 is 4.79 Å². The quantitative estimate of drug-likeness (QED) is 0.726. The number of thiazole rings is 1. The average Bonchev–Trinajstić information content (AvgIpc) is 2.52. The van der Waals surface area contributed by atoms with Crippen LogP contribution in [0, 0.1) is 12.3 Å². The number of anilines is 1. The molecule has 0 aliphatic heterocycles. The van der Waals surface area contributed by atoms with Crippen LogP contribution in [0.1, 0.15) is 23.8 Å². The number of hydrogen-bond acceptors (Lipinski definition) is 4. The van der Waals surface area contributed by atoms with Crippen molar-refractivity contribution in [2.75, 3.05) is 5.73 Å². The van der Waals surface area contributed by atoms with E-state index >= 15 is 0 Å². The Morgan fingerprint density at radius 1 is 1.93 bits per heavy atom. The summed E-state index contributed by atoms with van der Waals surface area (Å²) in [6, 6.07) is -0.0459. The minimum absolute atomic E-state index is 0.0459. The molecule has 0 fully saturated rings. The number of nitrogens with two attached hydrogens (primary N) is 1. The molecular formula is C9H11N3OS. The molecule has 1 heterocycles. The van der Waals surface area contributed by atoms with E-state index in [1.807, 2.05) is 6.92 Å². The molecule has 0 saturated heterocycles. The number of nitrogens with one attached hydrogen (secondary N) is 1. The lowest BCUT2D eigenvalue weighted by atomic mass is 10.2. The molecule has 1 rings (SSSR count). The molecule has 0 aliphatic rings. The summed E-state index contributed by atoms with van der Waals surface area (Å²) < 4.78 is 0. The molecule has 4 nitrogen and oxygen atoms in total. The largest absolute Gasteiger partial charge is 0.375 e.